The number of carboxylic acids is 1. The molecule has 5 nitrogen and oxygen atoms in total. The van der Waals surface area contributed by atoms with Crippen LogP contribution in [-0.4, -0.2) is 34.0 Å². The van der Waals surface area contributed by atoms with E-state index in [2.05, 4.69) is 0 Å². The Hall–Kier alpha value is -1.88. The average molecular weight is 287 g/mol. The van der Waals surface area contributed by atoms with Crippen LogP contribution >= 0.6 is 0 Å². The lowest BCUT2D eigenvalue weighted by Crippen LogP contribution is -2.37. The molecule has 0 radical (unpaired) electrons. The molecule has 3 aliphatic heterocycles. The van der Waals surface area contributed by atoms with Gasteiger partial charge in [-0.25, -0.2) is 0 Å². The van der Waals surface area contributed by atoms with Gasteiger partial charge in [0.15, 0.2) is 0 Å². The van der Waals surface area contributed by atoms with Gasteiger partial charge in [0.05, 0.1) is 19.1 Å². The maximum absolute atomic E-state index is 12.8. The Balaban J connectivity index is 1.62. The molecule has 110 valence electrons. The van der Waals surface area contributed by atoms with E-state index in [0.29, 0.717) is 25.2 Å². The van der Waals surface area contributed by atoms with Gasteiger partial charge in [-0.1, -0.05) is 6.07 Å². The van der Waals surface area contributed by atoms with Crippen molar-refractivity contribution < 1.29 is 19.4 Å². The van der Waals surface area contributed by atoms with Crippen LogP contribution in [-0.2, 0) is 22.7 Å². The Morgan fingerprint density at radius 3 is 2.76 bits per heavy atom. The van der Waals surface area contributed by atoms with Crippen molar-refractivity contribution >= 4 is 11.9 Å². The highest BCUT2D eigenvalue weighted by atomic mass is 16.5. The summed E-state index contributed by atoms with van der Waals surface area (Å²) in [6.07, 6.45) is 2.33. The molecule has 3 aliphatic rings. The number of fused-ring (bicyclic) bond motifs is 3. The van der Waals surface area contributed by atoms with Gasteiger partial charge in [0.1, 0.15) is 0 Å². The van der Waals surface area contributed by atoms with Gasteiger partial charge >= 0.3 is 5.97 Å². The Morgan fingerprint density at radius 2 is 2.00 bits per heavy atom. The first-order valence-electron chi connectivity index (χ1n) is 7.40. The van der Waals surface area contributed by atoms with Crippen molar-refractivity contribution in [2.24, 2.45) is 5.92 Å². The molecule has 1 aromatic carbocycles. The summed E-state index contributed by atoms with van der Waals surface area (Å²) < 4.78 is 5.38. The topological polar surface area (TPSA) is 66.8 Å². The predicted molar refractivity (Wildman–Crippen MR) is 73.7 cm³/mol. The van der Waals surface area contributed by atoms with Crippen LogP contribution in [0, 0.1) is 5.92 Å². The number of benzene rings is 1. The Labute approximate surface area is 122 Å². The number of carbonyl (C=O) groups is 2. The van der Waals surface area contributed by atoms with Crippen molar-refractivity contribution in [3.8, 4) is 0 Å². The van der Waals surface area contributed by atoms with E-state index in [1.54, 1.807) is 0 Å². The molecule has 0 aliphatic carbocycles. The fourth-order valence-electron chi connectivity index (χ4n) is 4.02. The molecule has 0 aromatic heterocycles. The highest BCUT2D eigenvalue weighted by Crippen LogP contribution is 2.42. The summed E-state index contributed by atoms with van der Waals surface area (Å²) in [5, 5.41) is 9.28. The molecule has 5 heteroatoms. The highest BCUT2D eigenvalue weighted by Gasteiger charge is 2.51. The number of carboxylic acid groups (broad SMARTS) is 1. The van der Waals surface area contributed by atoms with E-state index in [1.165, 1.54) is 0 Å². The Bertz CT molecular complexity index is 627. The summed E-state index contributed by atoms with van der Waals surface area (Å²) in [6.45, 7) is 1.17. The van der Waals surface area contributed by atoms with E-state index in [0.717, 1.165) is 24.0 Å². The normalized spacial score (nSPS) is 29.7. The van der Waals surface area contributed by atoms with Crippen LogP contribution in [0.1, 0.15) is 40.7 Å². The minimum Gasteiger partial charge on any atom is -0.481 e. The summed E-state index contributed by atoms with van der Waals surface area (Å²) in [6, 6.07) is 5.64. The molecular weight excluding hydrogens is 270 g/mol. The van der Waals surface area contributed by atoms with Gasteiger partial charge in [-0.2, -0.15) is 0 Å². The van der Waals surface area contributed by atoms with Gasteiger partial charge in [-0.3, -0.25) is 9.59 Å². The van der Waals surface area contributed by atoms with E-state index in [9.17, 15) is 14.7 Å². The minimum atomic E-state index is -0.776. The van der Waals surface area contributed by atoms with E-state index < -0.39 is 11.9 Å². The minimum absolute atomic E-state index is 0.0269. The van der Waals surface area contributed by atoms with E-state index in [4.69, 9.17) is 4.74 Å². The standard InChI is InChI=1S/C16H17NO4/c18-15(9-1-2-10-7-21-8-11(10)5-9)17-12-3-4-14(17)13(6-12)16(19)20/h1-2,5,12-14H,3-4,6-8H2,(H,19,20). The van der Waals surface area contributed by atoms with E-state index in [1.807, 2.05) is 23.1 Å². The zero-order valence-corrected chi connectivity index (χ0v) is 11.6. The maximum Gasteiger partial charge on any atom is 0.308 e. The van der Waals surface area contributed by atoms with Crippen molar-refractivity contribution in [1.29, 1.82) is 0 Å². The van der Waals surface area contributed by atoms with Gasteiger partial charge in [0.25, 0.3) is 5.91 Å². The summed E-state index contributed by atoms with van der Waals surface area (Å²) >= 11 is 0. The monoisotopic (exact) mass is 287 g/mol. The molecule has 1 N–H and O–H groups in total. The fourth-order valence-corrected chi connectivity index (χ4v) is 4.02. The number of carbonyl (C=O) groups excluding carboxylic acids is 1. The number of aliphatic carboxylic acids is 1. The molecule has 0 saturated carbocycles. The molecule has 1 aromatic rings. The molecule has 3 unspecified atom stereocenters. The highest BCUT2D eigenvalue weighted by molar-refractivity contribution is 5.96. The molecule has 2 bridgehead atoms. The molecule has 0 spiro atoms. The third-order valence-corrected chi connectivity index (χ3v) is 5.06. The van der Waals surface area contributed by atoms with Gasteiger partial charge in [-0.05, 0) is 42.5 Å². The van der Waals surface area contributed by atoms with Crippen LogP contribution in [0.3, 0.4) is 0 Å². The summed E-state index contributed by atoms with van der Waals surface area (Å²) in [4.78, 5) is 25.9. The predicted octanol–water partition coefficient (Wildman–Crippen LogP) is 1.79. The third kappa shape index (κ3) is 1.87. The average Bonchev–Trinajstić information content (AvgIpc) is 3.19. The fraction of sp³-hybridized carbons (Fsp3) is 0.500. The van der Waals surface area contributed by atoms with Gasteiger partial charge in [-0.15, -0.1) is 0 Å². The zero-order chi connectivity index (χ0) is 14.6. The van der Waals surface area contributed by atoms with Crippen molar-refractivity contribution in [1.82, 2.24) is 4.90 Å². The second-order valence-corrected chi connectivity index (χ2v) is 6.17. The largest absolute Gasteiger partial charge is 0.481 e. The molecule has 21 heavy (non-hydrogen) atoms. The molecule has 4 rings (SSSR count). The summed E-state index contributed by atoms with van der Waals surface area (Å²) in [7, 11) is 0. The number of amides is 1. The van der Waals surface area contributed by atoms with Crippen molar-refractivity contribution in [3.63, 3.8) is 0 Å². The first-order chi connectivity index (χ1) is 10.1. The SMILES string of the molecule is O=C(O)C1CC2CCC1N2C(=O)c1ccc2c(c1)COC2. The summed E-state index contributed by atoms with van der Waals surface area (Å²) in [5.41, 5.74) is 2.86. The quantitative estimate of drug-likeness (QED) is 0.900. The van der Waals surface area contributed by atoms with Crippen LogP contribution < -0.4 is 0 Å². The lowest BCUT2D eigenvalue weighted by molar-refractivity contribution is -0.142. The zero-order valence-electron chi connectivity index (χ0n) is 11.6. The number of hydrogen-bond acceptors (Lipinski definition) is 3. The molecule has 3 heterocycles. The van der Waals surface area contributed by atoms with Gasteiger partial charge in [0, 0.05) is 17.6 Å². The number of nitrogens with zero attached hydrogens (tertiary/aromatic N) is 1. The Kier molecular flexibility index (Phi) is 2.79. The van der Waals surface area contributed by atoms with Crippen LogP contribution in [0.25, 0.3) is 0 Å². The van der Waals surface area contributed by atoms with Crippen molar-refractivity contribution in [3.05, 3.63) is 34.9 Å². The van der Waals surface area contributed by atoms with Crippen molar-refractivity contribution in [2.45, 2.75) is 44.6 Å². The molecule has 2 fully saturated rings. The van der Waals surface area contributed by atoms with Crippen LogP contribution in [0.15, 0.2) is 18.2 Å². The van der Waals surface area contributed by atoms with E-state index >= 15 is 0 Å². The smallest absolute Gasteiger partial charge is 0.308 e. The lowest BCUT2D eigenvalue weighted by Gasteiger charge is -2.23. The first kappa shape index (κ1) is 12.8. The van der Waals surface area contributed by atoms with Gasteiger partial charge in [0.2, 0.25) is 0 Å². The van der Waals surface area contributed by atoms with Crippen molar-refractivity contribution in [2.75, 3.05) is 0 Å². The Morgan fingerprint density at radius 1 is 1.19 bits per heavy atom. The lowest BCUT2D eigenvalue weighted by atomic mass is 9.89. The molecule has 2 saturated heterocycles. The number of ether oxygens (including phenoxy) is 1. The maximum atomic E-state index is 12.8. The number of rotatable bonds is 2. The number of hydrogen-bond donors (Lipinski definition) is 1. The first-order valence-corrected chi connectivity index (χ1v) is 7.40. The second kappa shape index (κ2) is 4.56. The van der Waals surface area contributed by atoms with E-state index in [-0.39, 0.29) is 18.0 Å². The van der Waals surface area contributed by atoms with Crippen LogP contribution in [0.5, 0.6) is 0 Å². The molecular formula is C16H17NO4. The van der Waals surface area contributed by atoms with Crippen LogP contribution in [0.2, 0.25) is 0 Å². The summed E-state index contributed by atoms with van der Waals surface area (Å²) in [5.74, 6) is -1.20. The second-order valence-electron chi connectivity index (χ2n) is 6.17. The third-order valence-electron chi connectivity index (χ3n) is 5.06. The van der Waals surface area contributed by atoms with Crippen LogP contribution in [0.4, 0.5) is 0 Å². The van der Waals surface area contributed by atoms with Gasteiger partial charge < -0.3 is 14.7 Å². The molecule has 3 atom stereocenters. The molecule has 1 amide bonds.